The number of benzene rings is 1. The highest BCUT2D eigenvalue weighted by Crippen LogP contribution is 2.67. The van der Waals surface area contributed by atoms with Gasteiger partial charge in [-0.15, -0.1) is 0 Å². The van der Waals surface area contributed by atoms with Crippen LogP contribution in [-0.4, -0.2) is 70.3 Å². The first-order valence-corrected chi connectivity index (χ1v) is 18.7. The van der Waals surface area contributed by atoms with E-state index in [9.17, 15) is 39.0 Å². The molecule has 4 aliphatic rings. The lowest BCUT2D eigenvalue weighted by Crippen LogP contribution is -2.58. The van der Waals surface area contributed by atoms with Crippen LogP contribution in [0.25, 0.3) is 0 Å². The van der Waals surface area contributed by atoms with Gasteiger partial charge in [-0.1, -0.05) is 56.2 Å². The Morgan fingerprint density at radius 3 is 2.37 bits per heavy atom. The van der Waals surface area contributed by atoms with E-state index in [0.717, 1.165) is 37.7 Å². The molecule has 11 heteroatoms. The molecule has 4 N–H and O–H groups in total. The Hall–Kier alpha value is -3.86. The lowest BCUT2D eigenvalue weighted by Gasteiger charge is -2.58. The van der Waals surface area contributed by atoms with Crippen LogP contribution in [0, 0.1) is 28.6 Å². The van der Waals surface area contributed by atoms with Crippen LogP contribution in [0.4, 0.5) is 0 Å². The number of fused-ring (bicyclic) bond motifs is 5. The molecular formula is C40H54N2O9. The van der Waals surface area contributed by atoms with Crippen molar-refractivity contribution in [3.05, 3.63) is 47.5 Å². The molecule has 0 unspecified atom stereocenters. The summed E-state index contributed by atoms with van der Waals surface area (Å²) in [6, 6.07) is 8.09. The van der Waals surface area contributed by atoms with Crippen molar-refractivity contribution in [3.63, 3.8) is 0 Å². The molecular weight excluding hydrogens is 652 g/mol. The summed E-state index contributed by atoms with van der Waals surface area (Å²) >= 11 is 0. The minimum absolute atomic E-state index is 0.000793. The maximum atomic E-state index is 13.5. The Morgan fingerprint density at radius 2 is 1.63 bits per heavy atom. The number of carbonyl (C=O) groups is 6. The molecule has 0 saturated heterocycles. The summed E-state index contributed by atoms with van der Waals surface area (Å²) in [4.78, 5) is 74.2. The number of carboxylic acid groups (broad SMARTS) is 1. The van der Waals surface area contributed by atoms with Gasteiger partial charge in [0.25, 0.3) is 0 Å². The first-order valence-electron chi connectivity index (χ1n) is 18.7. The number of aliphatic hydroxyl groups is 1. The lowest BCUT2D eigenvalue weighted by molar-refractivity contribution is -0.170. The van der Waals surface area contributed by atoms with Crippen LogP contribution in [-0.2, 0) is 39.9 Å². The number of ketones is 2. The largest absolute Gasteiger partial charge is 0.480 e. The third-order valence-corrected chi connectivity index (χ3v) is 12.8. The van der Waals surface area contributed by atoms with Crippen molar-refractivity contribution in [1.29, 1.82) is 0 Å². The van der Waals surface area contributed by atoms with Gasteiger partial charge in [0.1, 0.15) is 11.6 Å². The number of Topliss-reactive ketones (excluding diaryl/α,β-unsaturated/α-hetero) is 1. The summed E-state index contributed by atoms with van der Waals surface area (Å²) in [7, 11) is 0. The van der Waals surface area contributed by atoms with Crippen molar-refractivity contribution >= 4 is 35.3 Å². The van der Waals surface area contributed by atoms with Crippen LogP contribution < -0.4 is 10.6 Å². The van der Waals surface area contributed by atoms with E-state index in [4.69, 9.17) is 4.74 Å². The predicted octanol–water partition coefficient (Wildman–Crippen LogP) is 4.63. The Morgan fingerprint density at radius 1 is 0.882 bits per heavy atom. The van der Waals surface area contributed by atoms with E-state index >= 15 is 0 Å². The molecule has 0 bridgehead atoms. The highest BCUT2D eigenvalue weighted by atomic mass is 16.5. The van der Waals surface area contributed by atoms with Crippen LogP contribution in [0.15, 0.2) is 42.0 Å². The molecule has 3 fully saturated rings. The number of hydrogen-bond donors (Lipinski definition) is 4. The summed E-state index contributed by atoms with van der Waals surface area (Å²) in [5, 5.41) is 26.6. The Bertz CT molecular complexity index is 1520. The number of carboxylic acids is 1. The fraction of sp³-hybridized carbons (Fsp3) is 0.650. The van der Waals surface area contributed by atoms with E-state index < -0.39 is 41.4 Å². The zero-order valence-corrected chi connectivity index (χ0v) is 30.0. The first kappa shape index (κ1) is 38.4. The van der Waals surface area contributed by atoms with E-state index in [1.54, 1.807) is 0 Å². The Labute approximate surface area is 300 Å². The van der Waals surface area contributed by atoms with E-state index in [-0.39, 0.29) is 54.6 Å². The minimum atomic E-state index is -1.57. The smallest absolute Gasteiger partial charge is 0.326 e. The molecule has 0 radical (unpaired) electrons. The second-order valence-electron chi connectivity index (χ2n) is 15.7. The second-order valence-corrected chi connectivity index (χ2v) is 15.7. The van der Waals surface area contributed by atoms with Crippen LogP contribution in [0.1, 0.15) is 109 Å². The molecule has 11 nitrogen and oxygen atoms in total. The highest BCUT2D eigenvalue weighted by molar-refractivity contribution is 5.92. The number of carbonyl (C=O) groups excluding carboxylic acids is 5. The van der Waals surface area contributed by atoms with Gasteiger partial charge >= 0.3 is 11.9 Å². The third kappa shape index (κ3) is 8.45. The summed E-state index contributed by atoms with van der Waals surface area (Å²) in [6.07, 6.45) is 9.75. The standard InChI is InChI=1S/C40H54N2O9/c1-38-19-16-28(43)24-27(38)12-13-29-30(38)17-20-39(2)31(29)18-21-40(39,50)33(44)25-51-36(47)15-14-34(45)41-22-8-4-7-11-35(46)42-32(37(48)49)23-26-9-5-3-6-10-26/h3,5-6,9-10,24,29-32,50H,4,7-8,11-23,25H2,1-2H3,(H,41,45)(H,42,46)(H,48,49)/t29-,30-,31-,32-,38+,39+,40+/m1/s1. The molecule has 4 aliphatic carbocycles. The molecule has 0 spiro atoms. The van der Waals surface area contributed by atoms with Gasteiger partial charge in [0.15, 0.2) is 12.4 Å². The maximum Gasteiger partial charge on any atom is 0.326 e. The van der Waals surface area contributed by atoms with Crippen LogP contribution in [0.2, 0.25) is 0 Å². The summed E-state index contributed by atoms with van der Waals surface area (Å²) in [6.45, 7) is 4.17. The number of hydrogen-bond acceptors (Lipinski definition) is 8. The molecule has 0 aromatic heterocycles. The molecule has 5 rings (SSSR count). The number of aliphatic carboxylic acids is 1. The van der Waals surface area contributed by atoms with Gasteiger partial charge in [-0.3, -0.25) is 24.0 Å². The Balaban J connectivity index is 0.970. The van der Waals surface area contributed by atoms with Gasteiger partial charge in [0.05, 0.1) is 6.42 Å². The lowest BCUT2D eigenvalue weighted by atomic mass is 9.46. The summed E-state index contributed by atoms with van der Waals surface area (Å²) in [5.74, 6) is -1.69. The van der Waals surface area contributed by atoms with E-state index in [2.05, 4.69) is 17.6 Å². The van der Waals surface area contributed by atoms with Crippen LogP contribution >= 0.6 is 0 Å². The molecule has 278 valence electrons. The summed E-state index contributed by atoms with van der Waals surface area (Å²) in [5.41, 5.74) is -0.0751. The molecule has 0 heterocycles. The first-order chi connectivity index (χ1) is 24.3. The third-order valence-electron chi connectivity index (χ3n) is 12.8. The maximum absolute atomic E-state index is 13.5. The zero-order valence-electron chi connectivity index (χ0n) is 30.0. The number of allylic oxidation sites excluding steroid dienone is 1. The molecule has 1 aromatic rings. The average molecular weight is 707 g/mol. The topological polar surface area (TPSA) is 176 Å². The van der Waals surface area contributed by atoms with E-state index in [1.807, 2.05) is 43.3 Å². The van der Waals surface area contributed by atoms with Gasteiger partial charge in [0.2, 0.25) is 17.6 Å². The quantitative estimate of drug-likeness (QED) is 0.141. The molecule has 7 atom stereocenters. The van der Waals surface area contributed by atoms with Crippen molar-refractivity contribution in [2.24, 2.45) is 28.6 Å². The van der Waals surface area contributed by atoms with Gasteiger partial charge in [0, 0.05) is 37.6 Å². The molecule has 3 saturated carbocycles. The van der Waals surface area contributed by atoms with Crippen molar-refractivity contribution < 1.29 is 43.7 Å². The monoisotopic (exact) mass is 706 g/mol. The predicted molar refractivity (Wildman–Crippen MR) is 188 cm³/mol. The fourth-order valence-corrected chi connectivity index (χ4v) is 9.81. The summed E-state index contributed by atoms with van der Waals surface area (Å²) < 4.78 is 5.27. The average Bonchev–Trinajstić information content (AvgIpc) is 3.39. The fourth-order valence-electron chi connectivity index (χ4n) is 9.81. The Kier molecular flexibility index (Phi) is 12.2. The number of nitrogens with one attached hydrogen (secondary N) is 2. The van der Waals surface area contributed by atoms with E-state index in [0.29, 0.717) is 56.9 Å². The number of esters is 1. The molecule has 0 aliphatic heterocycles. The van der Waals surface area contributed by atoms with Crippen LogP contribution in [0.3, 0.4) is 0 Å². The minimum Gasteiger partial charge on any atom is -0.480 e. The molecule has 2 amide bonds. The zero-order chi connectivity index (χ0) is 36.8. The van der Waals surface area contributed by atoms with Crippen molar-refractivity contribution in [1.82, 2.24) is 10.6 Å². The van der Waals surface area contributed by atoms with E-state index in [1.165, 1.54) is 5.57 Å². The van der Waals surface area contributed by atoms with Crippen molar-refractivity contribution in [3.8, 4) is 0 Å². The van der Waals surface area contributed by atoms with Gasteiger partial charge in [-0.25, -0.2) is 4.79 Å². The van der Waals surface area contributed by atoms with Gasteiger partial charge in [-0.2, -0.15) is 0 Å². The van der Waals surface area contributed by atoms with Gasteiger partial charge < -0.3 is 25.6 Å². The van der Waals surface area contributed by atoms with Crippen molar-refractivity contribution in [2.45, 2.75) is 122 Å². The number of amides is 2. The SMILES string of the molecule is C[C@]12CCC(=O)C=C1CC[C@@H]1[C@H]2CC[C@@]2(C)[C@@H]1CC[C@]2(O)C(=O)COC(=O)CCC(=O)NCCCCCC(=O)N[C@H](Cc1ccccc1)C(=O)O. The number of rotatable bonds is 16. The normalized spacial score (nSPS) is 30.1. The molecule has 1 aromatic carbocycles. The van der Waals surface area contributed by atoms with Gasteiger partial charge in [-0.05, 0) is 92.6 Å². The van der Waals surface area contributed by atoms with Crippen molar-refractivity contribution in [2.75, 3.05) is 13.2 Å². The van der Waals surface area contributed by atoms with Crippen LogP contribution in [0.5, 0.6) is 0 Å². The molecule has 51 heavy (non-hydrogen) atoms. The number of ether oxygens (including phenoxy) is 1. The second kappa shape index (κ2) is 16.2. The highest BCUT2D eigenvalue weighted by Gasteiger charge is 2.66. The number of unbranched alkanes of at least 4 members (excludes halogenated alkanes) is 2.